The SMILES string of the molecule is CO[C@@H](C)CS(=O)(=O)Nc1cc(C)c(O)c(C)c1. The monoisotopic (exact) mass is 273 g/mol. The van der Waals surface area contributed by atoms with Crippen molar-refractivity contribution in [1.82, 2.24) is 0 Å². The van der Waals surface area contributed by atoms with Crippen LogP contribution >= 0.6 is 0 Å². The average molecular weight is 273 g/mol. The predicted octanol–water partition coefficient (Wildman–Crippen LogP) is 1.79. The van der Waals surface area contributed by atoms with Crippen molar-refractivity contribution >= 4 is 15.7 Å². The molecular formula is C12H19NO4S. The third kappa shape index (κ3) is 3.89. The van der Waals surface area contributed by atoms with Crippen molar-refractivity contribution in [2.75, 3.05) is 17.6 Å². The maximum Gasteiger partial charge on any atom is 0.235 e. The number of benzene rings is 1. The van der Waals surface area contributed by atoms with Crippen LogP contribution in [-0.4, -0.2) is 32.5 Å². The van der Waals surface area contributed by atoms with Gasteiger partial charge in [0, 0.05) is 12.8 Å². The van der Waals surface area contributed by atoms with E-state index in [9.17, 15) is 13.5 Å². The molecule has 0 heterocycles. The van der Waals surface area contributed by atoms with Crippen molar-refractivity contribution < 1.29 is 18.3 Å². The van der Waals surface area contributed by atoms with E-state index in [2.05, 4.69) is 4.72 Å². The molecule has 0 saturated heterocycles. The number of ether oxygens (including phenoxy) is 1. The van der Waals surface area contributed by atoms with Crippen LogP contribution in [0.2, 0.25) is 0 Å². The topological polar surface area (TPSA) is 75.6 Å². The lowest BCUT2D eigenvalue weighted by atomic mass is 10.1. The van der Waals surface area contributed by atoms with Gasteiger partial charge in [-0.2, -0.15) is 0 Å². The maximum atomic E-state index is 11.8. The van der Waals surface area contributed by atoms with Gasteiger partial charge >= 0.3 is 0 Å². The van der Waals surface area contributed by atoms with Crippen LogP contribution in [0.1, 0.15) is 18.1 Å². The van der Waals surface area contributed by atoms with E-state index in [1.807, 2.05) is 0 Å². The van der Waals surface area contributed by atoms with Gasteiger partial charge in [0.25, 0.3) is 0 Å². The molecule has 18 heavy (non-hydrogen) atoms. The van der Waals surface area contributed by atoms with Gasteiger partial charge in [0.2, 0.25) is 10.0 Å². The van der Waals surface area contributed by atoms with E-state index in [0.717, 1.165) is 0 Å². The van der Waals surface area contributed by atoms with Crippen molar-refractivity contribution in [1.29, 1.82) is 0 Å². The molecule has 0 aromatic heterocycles. The molecule has 0 aliphatic carbocycles. The van der Waals surface area contributed by atoms with E-state index in [1.54, 1.807) is 32.9 Å². The molecule has 1 aromatic rings. The molecule has 0 aliphatic rings. The standard InChI is InChI=1S/C12H19NO4S/c1-8-5-11(6-9(2)12(8)14)13-18(15,16)7-10(3)17-4/h5-6,10,13-14H,7H2,1-4H3/t10-/m0/s1. The highest BCUT2D eigenvalue weighted by Gasteiger charge is 2.16. The number of rotatable bonds is 5. The van der Waals surface area contributed by atoms with Crippen molar-refractivity contribution in [3.8, 4) is 5.75 Å². The fraction of sp³-hybridized carbons (Fsp3) is 0.500. The first-order valence-electron chi connectivity index (χ1n) is 5.58. The quantitative estimate of drug-likeness (QED) is 0.802. The van der Waals surface area contributed by atoms with E-state index in [-0.39, 0.29) is 17.6 Å². The lowest BCUT2D eigenvalue weighted by Gasteiger charge is -2.13. The Bertz CT molecular complexity index is 502. The minimum absolute atomic E-state index is 0.109. The maximum absolute atomic E-state index is 11.8. The Labute approximate surface area is 108 Å². The predicted molar refractivity (Wildman–Crippen MR) is 71.5 cm³/mol. The van der Waals surface area contributed by atoms with E-state index < -0.39 is 10.0 Å². The zero-order valence-corrected chi connectivity index (χ0v) is 11.8. The number of hydrogen-bond acceptors (Lipinski definition) is 4. The second-order valence-corrected chi connectivity index (χ2v) is 6.16. The molecule has 1 aromatic carbocycles. The van der Waals surface area contributed by atoms with Crippen LogP contribution in [0.5, 0.6) is 5.75 Å². The van der Waals surface area contributed by atoms with Crippen LogP contribution in [0.15, 0.2) is 12.1 Å². The van der Waals surface area contributed by atoms with Gasteiger partial charge in [-0.3, -0.25) is 4.72 Å². The minimum atomic E-state index is -3.45. The Kier molecular flexibility index (Phi) is 4.59. The Morgan fingerprint density at radius 3 is 2.28 bits per heavy atom. The first-order valence-corrected chi connectivity index (χ1v) is 7.24. The molecule has 0 aliphatic heterocycles. The number of nitrogens with one attached hydrogen (secondary N) is 1. The largest absolute Gasteiger partial charge is 0.507 e. The van der Waals surface area contributed by atoms with Crippen molar-refractivity contribution in [2.45, 2.75) is 26.9 Å². The Morgan fingerprint density at radius 1 is 1.33 bits per heavy atom. The molecule has 0 unspecified atom stereocenters. The summed E-state index contributed by atoms with van der Waals surface area (Å²) in [5.74, 6) is 0.0749. The number of aryl methyl sites for hydroxylation is 2. The Balaban J connectivity index is 2.91. The average Bonchev–Trinajstić information content (AvgIpc) is 2.24. The molecule has 2 N–H and O–H groups in total. The summed E-state index contributed by atoms with van der Waals surface area (Å²) in [5.41, 5.74) is 1.71. The highest BCUT2D eigenvalue weighted by molar-refractivity contribution is 7.92. The van der Waals surface area contributed by atoms with Gasteiger partial charge in [-0.25, -0.2) is 8.42 Å². The van der Waals surface area contributed by atoms with Crippen molar-refractivity contribution in [2.24, 2.45) is 0 Å². The van der Waals surface area contributed by atoms with E-state index in [0.29, 0.717) is 16.8 Å². The van der Waals surface area contributed by atoms with Gasteiger partial charge in [0.1, 0.15) is 5.75 Å². The fourth-order valence-corrected chi connectivity index (χ4v) is 2.93. The normalized spacial score (nSPS) is 13.3. The molecule has 1 atom stereocenters. The van der Waals surface area contributed by atoms with Crippen LogP contribution < -0.4 is 4.72 Å². The number of phenolic OH excluding ortho intramolecular Hbond substituents is 1. The number of sulfonamides is 1. The summed E-state index contributed by atoms with van der Waals surface area (Å²) in [6.07, 6.45) is -0.373. The lowest BCUT2D eigenvalue weighted by molar-refractivity contribution is 0.136. The molecule has 0 amide bonds. The number of methoxy groups -OCH3 is 1. The van der Waals surface area contributed by atoms with Crippen LogP contribution in [0.25, 0.3) is 0 Å². The van der Waals surface area contributed by atoms with Gasteiger partial charge in [-0.1, -0.05) is 0 Å². The molecule has 102 valence electrons. The molecule has 0 bridgehead atoms. The zero-order valence-electron chi connectivity index (χ0n) is 11.0. The highest BCUT2D eigenvalue weighted by Crippen LogP contribution is 2.26. The summed E-state index contributed by atoms with van der Waals surface area (Å²) in [6.45, 7) is 5.13. The summed E-state index contributed by atoms with van der Waals surface area (Å²) in [6, 6.07) is 3.19. The van der Waals surface area contributed by atoms with Gasteiger partial charge in [-0.15, -0.1) is 0 Å². The van der Waals surface area contributed by atoms with E-state index >= 15 is 0 Å². The third-order valence-electron chi connectivity index (χ3n) is 2.62. The summed E-state index contributed by atoms with van der Waals surface area (Å²) in [4.78, 5) is 0. The highest BCUT2D eigenvalue weighted by atomic mass is 32.2. The first-order chi connectivity index (χ1) is 8.25. The summed E-state index contributed by atoms with van der Waals surface area (Å²) in [5, 5.41) is 9.62. The number of anilines is 1. The second kappa shape index (κ2) is 5.58. The molecule has 5 nitrogen and oxygen atoms in total. The summed E-state index contributed by atoms with van der Waals surface area (Å²) in [7, 11) is -1.98. The van der Waals surface area contributed by atoms with Crippen molar-refractivity contribution in [3.05, 3.63) is 23.3 Å². The Morgan fingerprint density at radius 2 is 1.83 bits per heavy atom. The molecule has 1 rings (SSSR count). The summed E-state index contributed by atoms with van der Waals surface area (Å²) < 4.78 is 31.1. The van der Waals surface area contributed by atoms with Gasteiger partial charge in [0.15, 0.2) is 0 Å². The van der Waals surface area contributed by atoms with E-state index in [4.69, 9.17) is 4.74 Å². The first kappa shape index (κ1) is 14.8. The number of phenols is 1. The van der Waals surface area contributed by atoms with Crippen LogP contribution in [0, 0.1) is 13.8 Å². The molecule has 6 heteroatoms. The zero-order chi connectivity index (χ0) is 13.9. The molecule has 0 fully saturated rings. The molecule has 0 radical (unpaired) electrons. The fourth-order valence-electron chi connectivity index (χ4n) is 1.61. The smallest absolute Gasteiger partial charge is 0.235 e. The van der Waals surface area contributed by atoms with Crippen LogP contribution in [0.4, 0.5) is 5.69 Å². The second-order valence-electron chi connectivity index (χ2n) is 4.39. The van der Waals surface area contributed by atoms with Crippen LogP contribution in [0.3, 0.4) is 0 Å². The van der Waals surface area contributed by atoms with Crippen molar-refractivity contribution in [3.63, 3.8) is 0 Å². The van der Waals surface area contributed by atoms with Crippen LogP contribution in [-0.2, 0) is 14.8 Å². The lowest BCUT2D eigenvalue weighted by Crippen LogP contribution is -2.25. The molecular weight excluding hydrogens is 254 g/mol. The van der Waals surface area contributed by atoms with Gasteiger partial charge in [0.05, 0.1) is 11.9 Å². The minimum Gasteiger partial charge on any atom is -0.507 e. The Hall–Kier alpha value is -1.27. The number of aromatic hydroxyl groups is 1. The van der Waals surface area contributed by atoms with Gasteiger partial charge in [-0.05, 0) is 44.0 Å². The molecule has 0 spiro atoms. The molecule has 0 saturated carbocycles. The summed E-state index contributed by atoms with van der Waals surface area (Å²) >= 11 is 0. The van der Waals surface area contributed by atoms with E-state index in [1.165, 1.54) is 7.11 Å². The van der Waals surface area contributed by atoms with Gasteiger partial charge < -0.3 is 9.84 Å². The third-order valence-corrected chi connectivity index (χ3v) is 4.08. The number of hydrogen-bond donors (Lipinski definition) is 2.